The standard InChI is InChI=1S/C13H24N2O/c1-16-12-4-6-15(7-5-12)9-10-8-11-2-3-13(10)14-11/h10-14H,2-9H2,1H3. The molecule has 0 amide bonds. The molecule has 0 aromatic rings. The SMILES string of the molecule is COC1CCN(CC2CC3CCC2N3)CC1. The first-order chi connectivity index (χ1) is 7.85. The molecule has 16 heavy (non-hydrogen) atoms. The second-order valence-corrected chi connectivity index (χ2v) is 5.78. The van der Waals surface area contributed by atoms with Crippen molar-refractivity contribution < 1.29 is 4.74 Å². The van der Waals surface area contributed by atoms with Gasteiger partial charge in [-0.05, 0) is 38.0 Å². The van der Waals surface area contributed by atoms with Crippen molar-refractivity contribution in [3.63, 3.8) is 0 Å². The molecule has 3 rings (SSSR count). The molecule has 0 radical (unpaired) electrons. The number of hydrogen-bond acceptors (Lipinski definition) is 3. The number of hydrogen-bond donors (Lipinski definition) is 1. The Bertz CT molecular complexity index is 238. The lowest BCUT2D eigenvalue weighted by atomic mass is 9.88. The molecule has 0 aliphatic carbocycles. The van der Waals surface area contributed by atoms with E-state index in [0.29, 0.717) is 6.10 Å². The normalized spacial score (nSPS) is 40.7. The molecule has 0 spiro atoms. The van der Waals surface area contributed by atoms with Crippen LogP contribution in [0.25, 0.3) is 0 Å². The summed E-state index contributed by atoms with van der Waals surface area (Å²) in [6.45, 7) is 3.81. The van der Waals surface area contributed by atoms with Crippen molar-refractivity contribution in [2.45, 2.75) is 50.3 Å². The Balaban J connectivity index is 1.46. The van der Waals surface area contributed by atoms with Gasteiger partial charge in [0.1, 0.15) is 0 Å². The summed E-state index contributed by atoms with van der Waals surface area (Å²) in [6.07, 6.45) is 7.25. The van der Waals surface area contributed by atoms with Gasteiger partial charge >= 0.3 is 0 Å². The molecule has 3 heteroatoms. The molecule has 3 heterocycles. The van der Waals surface area contributed by atoms with Gasteiger partial charge < -0.3 is 15.0 Å². The summed E-state index contributed by atoms with van der Waals surface area (Å²) in [6, 6.07) is 1.69. The number of nitrogens with zero attached hydrogens (tertiary/aromatic N) is 1. The van der Waals surface area contributed by atoms with Crippen LogP contribution in [0.2, 0.25) is 0 Å². The number of rotatable bonds is 3. The third-order valence-electron chi connectivity index (χ3n) is 4.79. The van der Waals surface area contributed by atoms with Crippen LogP contribution in [0.15, 0.2) is 0 Å². The summed E-state index contributed by atoms with van der Waals surface area (Å²) < 4.78 is 5.42. The van der Waals surface area contributed by atoms with E-state index in [2.05, 4.69) is 10.2 Å². The van der Waals surface area contributed by atoms with Gasteiger partial charge in [-0.2, -0.15) is 0 Å². The summed E-state index contributed by atoms with van der Waals surface area (Å²) in [5.41, 5.74) is 0. The lowest BCUT2D eigenvalue weighted by molar-refractivity contribution is 0.0354. The minimum absolute atomic E-state index is 0.523. The van der Waals surface area contributed by atoms with Crippen LogP contribution in [0.3, 0.4) is 0 Å². The Kier molecular flexibility index (Phi) is 3.18. The van der Waals surface area contributed by atoms with E-state index < -0.39 is 0 Å². The van der Waals surface area contributed by atoms with Gasteiger partial charge in [-0.15, -0.1) is 0 Å². The van der Waals surface area contributed by atoms with Crippen LogP contribution in [-0.2, 0) is 4.74 Å². The minimum Gasteiger partial charge on any atom is -0.381 e. The number of nitrogens with one attached hydrogen (secondary N) is 1. The fourth-order valence-electron chi connectivity index (χ4n) is 3.80. The quantitative estimate of drug-likeness (QED) is 0.780. The molecule has 0 saturated carbocycles. The predicted molar refractivity (Wildman–Crippen MR) is 64.5 cm³/mol. The van der Waals surface area contributed by atoms with E-state index in [9.17, 15) is 0 Å². The molecule has 1 N–H and O–H groups in total. The zero-order valence-corrected chi connectivity index (χ0v) is 10.3. The zero-order valence-electron chi connectivity index (χ0n) is 10.3. The molecule has 3 aliphatic rings. The third-order valence-corrected chi connectivity index (χ3v) is 4.79. The number of fused-ring (bicyclic) bond motifs is 2. The van der Waals surface area contributed by atoms with E-state index in [0.717, 1.165) is 18.0 Å². The Morgan fingerprint density at radius 1 is 1.19 bits per heavy atom. The smallest absolute Gasteiger partial charge is 0.0595 e. The highest BCUT2D eigenvalue weighted by molar-refractivity contribution is 4.98. The maximum atomic E-state index is 5.42. The number of piperidine rings is 1. The van der Waals surface area contributed by atoms with Crippen LogP contribution in [0, 0.1) is 5.92 Å². The topological polar surface area (TPSA) is 24.5 Å². The molecule has 3 saturated heterocycles. The van der Waals surface area contributed by atoms with E-state index in [4.69, 9.17) is 4.74 Å². The molecular weight excluding hydrogens is 200 g/mol. The van der Waals surface area contributed by atoms with Crippen LogP contribution in [0.4, 0.5) is 0 Å². The van der Waals surface area contributed by atoms with E-state index in [1.54, 1.807) is 0 Å². The maximum absolute atomic E-state index is 5.42. The van der Waals surface area contributed by atoms with Crippen molar-refractivity contribution in [1.82, 2.24) is 10.2 Å². The average molecular weight is 224 g/mol. The largest absolute Gasteiger partial charge is 0.381 e. The molecule has 0 aromatic heterocycles. The van der Waals surface area contributed by atoms with E-state index in [-0.39, 0.29) is 0 Å². The number of likely N-dealkylation sites (tertiary alicyclic amines) is 1. The predicted octanol–water partition coefficient (Wildman–Crippen LogP) is 1.24. The molecular formula is C13H24N2O. The van der Waals surface area contributed by atoms with Crippen molar-refractivity contribution in [3.8, 4) is 0 Å². The minimum atomic E-state index is 0.523. The average Bonchev–Trinajstić information content (AvgIpc) is 2.92. The van der Waals surface area contributed by atoms with Crippen LogP contribution in [-0.4, -0.2) is 49.8 Å². The number of methoxy groups -OCH3 is 1. The van der Waals surface area contributed by atoms with E-state index in [1.807, 2.05) is 7.11 Å². The van der Waals surface area contributed by atoms with Crippen molar-refractivity contribution in [3.05, 3.63) is 0 Å². The monoisotopic (exact) mass is 224 g/mol. The third kappa shape index (κ3) is 2.13. The van der Waals surface area contributed by atoms with Gasteiger partial charge in [0.2, 0.25) is 0 Å². The van der Waals surface area contributed by atoms with E-state index in [1.165, 1.54) is 51.7 Å². The first-order valence-electron chi connectivity index (χ1n) is 6.86. The fourth-order valence-corrected chi connectivity index (χ4v) is 3.80. The van der Waals surface area contributed by atoms with Gasteiger partial charge in [-0.3, -0.25) is 0 Å². The lowest BCUT2D eigenvalue weighted by Crippen LogP contribution is -2.41. The molecule has 3 nitrogen and oxygen atoms in total. The van der Waals surface area contributed by atoms with Crippen molar-refractivity contribution >= 4 is 0 Å². The maximum Gasteiger partial charge on any atom is 0.0595 e. The molecule has 92 valence electrons. The highest BCUT2D eigenvalue weighted by Gasteiger charge is 2.39. The van der Waals surface area contributed by atoms with Crippen LogP contribution in [0.5, 0.6) is 0 Å². The second kappa shape index (κ2) is 4.63. The first kappa shape index (κ1) is 11.0. The van der Waals surface area contributed by atoms with Crippen LogP contribution < -0.4 is 5.32 Å². The Labute approximate surface area is 98.5 Å². The Morgan fingerprint density at radius 2 is 2.00 bits per heavy atom. The Morgan fingerprint density at radius 3 is 2.56 bits per heavy atom. The molecule has 3 aliphatic heterocycles. The van der Waals surface area contributed by atoms with Gasteiger partial charge in [0.15, 0.2) is 0 Å². The Hall–Kier alpha value is -0.120. The summed E-state index contributed by atoms with van der Waals surface area (Å²) >= 11 is 0. The van der Waals surface area contributed by atoms with Crippen molar-refractivity contribution in [1.29, 1.82) is 0 Å². The summed E-state index contributed by atoms with van der Waals surface area (Å²) in [5.74, 6) is 0.929. The van der Waals surface area contributed by atoms with Gasteiger partial charge in [-0.25, -0.2) is 0 Å². The molecule has 0 aromatic carbocycles. The lowest BCUT2D eigenvalue weighted by Gasteiger charge is -2.34. The van der Waals surface area contributed by atoms with Gasteiger partial charge in [-0.1, -0.05) is 0 Å². The molecule has 2 bridgehead atoms. The van der Waals surface area contributed by atoms with E-state index >= 15 is 0 Å². The van der Waals surface area contributed by atoms with Crippen LogP contribution >= 0.6 is 0 Å². The number of ether oxygens (including phenoxy) is 1. The molecule has 3 atom stereocenters. The van der Waals surface area contributed by atoms with Gasteiger partial charge in [0, 0.05) is 38.8 Å². The van der Waals surface area contributed by atoms with Gasteiger partial charge in [0.05, 0.1) is 6.10 Å². The second-order valence-electron chi connectivity index (χ2n) is 5.78. The summed E-state index contributed by atoms with van der Waals surface area (Å²) in [4.78, 5) is 2.66. The molecule has 3 unspecified atom stereocenters. The highest BCUT2D eigenvalue weighted by Crippen LogP contribution is 2.34. The highest BCUT2D eigenvalue weighted by atomic mass is 16.5. The first-order valence-corrected chi connectivity index (χ1v) is 6.86. The molecule has 3 fully saturated rings. The summed E-state index contributed by atoms with van der Waals surface area (Å²) in [7, 11) is 1.85. The van der Waals surface area contributed by atoms with Gasteiger partial charge in [0.25, 0.3) is 0 Å². The van der Waals surface area contributed by atoms with Crippen LogP contribution in [0.1, 0.15) is 32.1 Å². The fraction of sp³-hybridized carbons (Fsp3) is 1.00. The summed E-state index contributed by atoms with van der Waals surface area (Å²) in [5, 5.41) is 3.74. The zero-order chi connectivity index (χ0) is 11.0. The van der Waals surface area contributed by atoms with Crippen molar-refractivity contribution in [2.75, 3.05) is 26.7 Å². The van der Waals surface area contributed by atoms with Crippen molar-refractivity contribution in [2.24, 2.45) is 5.92 Å².